The molecule has 4 nitrogen and oxygen atoms in total. The van der Waals surface area contributed by atoms with Crippen molar-refractivity contribution in [2.75, 3.05) is 26.2 Å². The van der Waals surface area contributed by atoms with E-state index in [1.165, 1.54) is 0 Å². The van der Waals surface area contributed by atoms with E-state index >= 15 is 0 Å². The van der Waals surface area contributed by atoms with Gasteiger partial charge in [-0.2, -0.15) is 0 Å². The lowest BCUT2D eigenvalue weighted by Gasteiger charge is -2.37. The zero-order valence-corrected chi connectivity index (χ0v) is 11.0. The highest BCUT2D eigenvalue weighted by atomic mass is 32.1. The number of rotatable bonds is 5. The molecule has 0 saturated carbocycles. The van der Waals surface area contributed by atoms with E-state index in [1.807, 2.05) is 0 Å². The van der Waals surface area contributed by atoms with E-state index in [1.54, 1.807) is 0 Å². The first-order valence-corrected chi connectivity index (χ1v) is 6.88. The van der Waals surface area contributed by atoms with Crippen LogP contribution in [0.25, 0.3) is 0 Å². The van der Waals surface area contributed by atoms with Gasteiger partial charge in [0.15, 0.2) is 0 Å². The average Bonchev–Trinajstić information content (AvgIpc) is 2.66. The molecule has 17 heavy (non-hydrogen) atoms. The van der Waals surface area contributed by atoms with Crippen molar-refractivity contribution in [2.24, 2.45) is 5.73 Å². The summed E-state index contributed by atoms with van der Waals surface area (Å²) < 4.78 is 0. The van der Waals surface area contributed by atoms with Crippen molar-refractivity contribution in [1.29, 1.82) is 0 Å². The summed E-state index contributed by atoms with van der Waals surface area (Å²) in [5.41, 5.74) is 5.47. The first-order valence-electron chi connectivity index (χ1n) is 6.47. The van der Waals surface area contributed by atoms with E-state index in [-0.39, 0.29) is 0 Å². The lowest BCUT2D eigenvalue weighted by molar-refractivity contribution is -0.130. The molecular formula is C12H21N3OS. The fraction of sp³-hybridized carbons (Fsp3) is 0.833. The minimum absolute atomic E-state index is 0.350. The third-order valence-electron chi connectivity index (χ3n) is 3.73. The van der Waals surface area contributed by atoms with Crippen LogP contribution >= 0.6 is 12.2 Å². The molecule has 0 bridgehead atoms. The van der Waals surface area contributed by atoms with Crippen molar-refractivity contribution in [3.05, 3.63) is 0 Å². The Morgan fingerprint density at radius 1 is 1.41 bits per heavy atom. The van der Waals surface area contributed by atoms with Crippen molar-refractivity contribution < 1.29 is 4.79 Å². The van der Waals surface area contributed by atoms with Gasteiger partial charge in [-0.1, -0.05) is 12.2 Å². The van der Waals surface area contributed by atoms with Crippen molar-refractivity contribution in [2.45, 2.75) is 38.1 Å². The average molecular weight is 255 g/mol. The van der Waals surface area contributed by atoms with Crippen LogP contribution in [0.3, 0.4) is 0 Å². The Kier molecular flexibility index (Phi) is 4.34. The number of nitrogens with zero attached hydrogens (tertiary/aromatic N) is 2. The molecule has 1 amide bonds. The number of thiocarbonyl (C=S) groups is 1. The highest BCUT2D eigenvalue weighted by Crippen LogP contribution is 2.22. The van der Waals surface area contributed by atoms with Crippen LogP contribution in [0.4, 0.5) is 0 Å². The van der Waals surface area contributed by atoms with Gasteiger partial charge in [0.2, 0.25) is 5.91 Å². The van der Waals surface area contributed by atoms with Gasteiger partial charge in [0.05, 0.1) is 4.99 Å². The Bertz CT molecular complexity index is 308. The van der Waals surface area contributed by atoms with E-state index in [9.17, 15) is 4.79 Å². The number of hydrogen-bond acceptors (Lipinski definition) is 3. The fourth-order valence-electron chi connectivity index (χ4n) is 2.77. The Balaban J connectivity index is 1.67. The molecule has 0 aromatic heterocycles. The second-order valence-corrected chi connectivity index (χ2v) is 5.53. The minimum atomic E-state index is 0.350. The number of carbonyl (C=O) groups is 1. The predicted molar refractivity (Wildman–Crippen MR) is 71.8 cm³/mol. The summed E-state index contributed by atoms with van der Waals surface area (Å²) in [6, 6.07) is 0.479. The normalized spacial score (nSPS) is 25.1. The van der Waals surface area contributed by atoms with E-state index < -0.39 is 0 Å². The summed E-state index contributed by atoms with van der Waals surface area (Å²) in [4.78, 5) is 16.7. The molecule has 1 atom stereocenters. The van der Waals surface area contributed by atoms with E-state index in [2.05, 4.69) is 9.80 Å². The monoisotopic (exact) mass is 255 g/mol. The molecule has 1 unspecified atom stereocenters. The molecule has 2 saturated heterocycles. The molecule has 0 aromatic carbocycles. The van der Waals surface area contributed by atoms with Crippen molar-refractivity contribution >= 4 is 23.1 Å². The molecule has 2 aliphatic heterocycles. The van der Waals surface area contributed by atoms with Crippen LogP contribution in [0.2, 0.25) is 0 Å². The molecule has 0 aromatic rings. The predicted octanol–water partition coefficient (Wildman–Crippen LogP) is 0.749. The summed E-state index contributed by atoms with van der Waals surface area (Å²) >= 11 is 4.86. The summed E-state index contributed by atoms with van der Waals surface area (Å²) in [6.07, 6.45) is 4.89. The molecule has 2 heterocycles. The molecule has 2 fully saturated rings. The fourth-order valence-corrected chi connectivity index (χ4v) is 2.91. The number of amides is 1. The van der Waals surface area contributed by atoms with Crippen LogP contribution in [-0.2, 0) is 4.79 Å². The smallest absolute Gasteiger partial charge is 0.222 e. The number of unbranched alkanes of at least 4 members (excludes halogenated alkanes) is 1. The minimum Gasteiger partial charge on any atom is -0.393 e. The molecule has 0 aliphatic carbocycles. The number of nitrogens with two attached hydrogens (primary N) is 1. The Hall–Kier alpha value is -0.680. The third kappa shape index (κ3) is 3.39. The molecule has 96 valence electrons. The lowest BCUT2D eigenvalue weighted by atomic mass is 10.1. The summed E-state index contributed by atoms with van der Waals surface area (Å²) in [5.74, 6) is 0.350. The number of carbonyl (C=O) groups excluding carboxylic acids is 1. The van der Waals surface area contributed by atoms with Crippen molar-refractivity contribution in [1.82, 2.24) is 9.80 Å². The molecule has 2 aliphatic rings. The molecule has 2 rings (SSSR count). The van der Waals surface area contributed by atoms with Crippen LogP contribution < -0.4 is 5.73 Å². The zero-order chi connectivity index (χ0) is 12.3. The topological polar surface area (TPSA) is 49.6 Å². The molecule has 5 heteroatoms. The third-order valence-corrected chi connectivity index (χ3v) is 3.93. The van der Waals surface area contributed by atoms with Crippen molar-refractivity contribution in [3.8, 4) is 0 Å². The van der Waals surface area contributed by atoms with Crippen LogP contribution in [0.5, 0.6) is 0 Å². The van der Waals surface area contributed by atoms with Crippen molar-refractivity contribution in [3.63, 3.8) is 0 Å². The second kappa shape index (κ2) is 5.78. The van der Waals surface area contributed by atoms with E-state index in [0.29, 0.717) is 16.9 Å². The van der Waals surface area contributed by atoms with Crippen LogP contribution in [0.15, 0.2) is 0 Å². The summed E-state index contributed by atoms with van der Waals surface area (Å²) in [5, 5.41) is 0. The maximum atomic E-state index is 11.5. The van der Waals surface area contributed by atoms with Crippen LogP contribution in [0, 0.1) is 0 Å². The van der Waals surface area contributed by atoms with E-state index in [4.69, 9.17) is 18.0 Å². The van der Waals surface area contributed by atoms with Gasteiger partial charge in [0.1, 0.15) is 0 Å². The van der Waals surface area contributed by atoms with Gasteiger partial charge in [-0.15, -0.1) is 0 Å². The van der Waals surface area contributed by atoms with E-state index in [0.717, 1.165) is 58.3 Å². The Labute approximate surface area is 108 Å². The number of fused-ring (bicyclic) bond motifs is 1. The summed E-state index contributed by atoms with van der Waals surface area (Å²) in [6.45, 7) is 4.11. The van der Waals surface area contributed by atoms with Gasteiger partial charge in [0.25, 0.3) is 0 Å². The van der Waals surface area contributed by atoms with Gasteiger partial charge in [0, 0.05) is 32.1 Å². The van der Waals surface area contributed by atoms with Gasteiger partial charge in [-0.25, -0.2) is 0 Å². The lowest BCUT2D eigenvalue weighted by Crippen LogP contribution is -2.51. The first-order chi connectivity index (χ1) is 8.16. The van der Waals surface area contributed by atoms with Crippen LogP contribution in [0.1, 0.15) is 32.1 Å². The van der Waals surface area contributed by atoms with Gasteiger partial charge in [-0.05, 0) is 32.2 Å². The standard InChI is InChI=1S/C12H21N3OS/c13-11(17)3-1-2-6-14-7-8-15-10(9-14)4-5-12(15)16/h10H,1-9H2,(H2,13,17). The summed E-state index contributed by atoms with van der Waals surface area (Å²) in [7, 11) is 0. The number of piperazine rings is 1. The maximum absolute atomic E-state index is 11.5. The van der Waals surface area contributed by atoms with Crippen LogP contribution in [-0.4, -0.2) is 52.9 Å². The highest BCUT2D eigenvalue weighted by Gasteiger charge is 2.34. The van der Waals surface area contributed by atoms with Gasteiger partial charge >= 0.3 is 0 Å². The van der Waals surface area contributed by atoms with Gasteiger partial charge < -0.3 is 10.6 Å². The Morgan fingerprint density at radius 3 is 3.00 bits per heavy atom. The zero-order valence-electron chi connectivity index (χ0n) is 10.2. The second-order valence-electron chi connectivity index (χ2n) is 5.00. The molecule has 0 radical (unpaired) electrons. The van der Waals surface area contributed by atoms with Gasteiger partial charge in [-0.3, -0.25) is 9.69 Å². The Morgan fingerprint density at radius 2 is 2.24 bits per heavy atom. The molecular weight excluding hydrogens is 234 g/mol. The SMILES string of the molecule is NC(=S)CCCCN1CCN2C(=O)CCC2C1. The largest absolute Gasteiger partial charge is 0.393 e. The first kappa shape index (κ1) is 12.8. The molecule has 0 spiro atoms. The number of hydrogen-bond donors (Lipinski definition) is 1. The maximum Gasteiger partial charge on any atom is 0.222 e. The quantitative estimate of drug-likeness (QED) is 0.582. The molecule has 2 N–H and O–H groups in total. The highest BCUT2D eigenvalue weighted by molar-refractivity contribution is 7.80.